The quantitative estimate of drug-likeness (QED) is 0.267. The van der Waals surface area contributed by atoms with Gasteiger partial charge in [0.2, 0.25) is 0 Å². The maximum atomic E-state index is 12.6. The van der Waals surface area contributed by atoms with E-state index < -0.39 is 17.4 Å². The highest BCUT2D eigenvalue weighted by molar-refractivity contribution is 6.00. The number of hydrogen-bond acceptors (Lipinski definition) is 4. The Kier molecular flexibility index (Phi) is 9.33. The molecule has 0 atom stereocenters. The summed E-state index contributed by atoms with van der Waals surface area (Å²) in [5.41, 5.74) is 2.19. The van der Waals surface area contributed by atoms with Gasteiger partial charge in [0.25, 0.3) is 0 Å². The third-order valence-electron chi connectivity index (χ3n) is 5.26. The van der Waals surface area contributed by atoms with E-state index in [9.17, 15) is 9.59 Å². The van der Waals surface area contributed by atoms with E-state index in [0.717, 1.165) is 23.1 Å². The van der Waals surface area contributed by atoms with Gasteiger partial charge in [0.15, 0.2) is 5.41 Å². The van der Waals surface area contributed by atoms with Gasteiger partial charge in [-0.25, -0.2) is 0 Å². The summed E-state index contributed by atoms with van der Waals surface area (Å²) in [5, 5.41) is 0. The van der Waals surface area contributed by atoms with Crippen molar-refractivity contribution in [2.45, 2.75) is 46.5 Å². The predicted octanol–water partition coefficient (Wildman–Crippen LogP) is 5.81. The van der Waals surface area contributed by atoms with Crippen molar-refractivity contribution < 1.29 is 19.1 Å². The Balaban J connectivity index is 2.21. The summed E-state index contributed by atoms with van der Waals surface area (Å²) in [6, 6.07) is 20.5. The molecule has 0 aliphatic heterocycles. The third kappa shape index (κ3) is 5.82. The van der Waals surface area contributed by atoms with Crippen LogP contribution in [0.4, 0.5) is 0 Å². The maximum Gasteiger partial charge on any atom is 0.323 e. The van der Waals surface area contributed by atoms with Gasteiger partial charge >= 0.3 is 11.9 Å². The SMILES string of the molecule is CCOC(=O)C(CC)(CCCC=C(c1ccccc1)c1ccccc1)C(=O)OCC. The molecule has 4 nitrogen and oxygen atoms in total. The van der Waals surface area contributed by atoms with E-state index in [4.69, 9.17) is 9.47 Å². The van der Waals surface area contributed by atoms with Crippen molar-refractivity contribution in [3.8, 4) is 0 Å². The van der Waals surface area contributed by atoms with Crippen LogP contribution in [0.15, 0.2) is 66.7 Å². The first-order valence-corrected chi connectivity index (χ1v) is 10.7. The second kappa shape index (κ2) is 12.0. The average Bonchev–Trinajstić information content (AvgIpc) is 2.78. The molecule has 0 saturated heterocycles. The van der Waals surface area contributed by atoms with E-state index in [-0.39, 0.29) is 13.2 Å². The maximum absolute atomic E-state index is 12.6. The van der Waals surface area contributed by atoms with Gasteiger partial charge in [-0.15, -0.1) is 0 Å². The lowest BCUT2D eigenvalue weighted by Crippen LogP contribution is -2.41. The van der Waals surface area contributed by atoms with Crippen LogP contribution in [-0.2, 0) is 19.1 Å². The van der Waals surface area contributed by atoms with Crippen molar-refractivity contribution in [3.63, 3.8) is 0 Å². The molecule has 4 heteroatoms. The van der Waals surface area contributed by atoms with Gasteiger partial charge in [-0.1, -0.05) is 73.7 Å². The molecular weight excluding hydrogens is 376 g/mol. The zero-order valence-corrected chi connectivity index (χ0v) is 18.2. The number of carbonyl (C=O) groups excluding carboxylic acids is 2. The van der Waals surface area contributed by atoms with Gasteiger partial charge < -0.3 is 9.47 Å². The van der Waals surface area contributed by atoms with Gasteiger partial charge in [-0.2, -0.15) is 0 Å². The summed E-state index contributed by atoms with van der Waals surface area (Å²) >= 11 is 0. The van der Waals surface area contributed by atoms with Crippen LogP contribution in [0.5, 0.6) is 0 Å². The lowest BCUT2D eigenvalue weighted by Gasteiger charge is -2.27. The standard InChI is InChI=1S/C26H32O4/c1-4-26(24(27)29-5-2,25(28)30-6-3)20-14-13-19-23(21-15-9-7-10-16-21)22-17-11-8-12-18-22/h7-12,15-19H,4-6,13-14,20H2,1-3H3. The molecule has 0 N–H and O–H groups in total. The largest absolute Gasteiger partial charge is 0.465 e. The zero-order chi connectivity index (χ0) is 21.8. The number of hydrogen-bond donors (Lipinski definition) is 0. The first-order chi connectivity index (χ1) is 14.6. The number of carbonyl (C=O) groups is 2. The molecule has 0 spiro atoms. The van der Waals surface area contributed by atoms with Gasteiger partial charge in [-0.3, -0.25) is 9.59 Å². The summed E-state index contributed by atoms with van der Waals surface area (Å²) in [6.07, 6.45) is 4.35. The molecule has 0 saturated carbocycles. The molecule has 0 fully saturated rings. The molecule has 0 amide bonds. The fourth-order valence-electron chi connectivity index (χ4n) is 3.58. The van der Waals surface area contributed by atoms with Crippen molar-refractivity contribution in [1.82, 2.24) is 0 Å². The van der Waals surface area contributed by atoms with Gasteiger partial charge in [0.1, 0.15) is 0 Å². The second-order valence-electron chi connectivity index (χ2n) is 7.12. The Morgan fingerprint density at radius 2 is 1.27 bits per heavy atom. The highest BCUT2D eigenvalue weighted by Crippen LogP contribution is 2.33. The second-order valence-corrected chi connectivity index (χ2v) is 7.12. The van der Waals surface area contributed by atoms with Crippen LogP contribution in [0.3, 0.4) is 0 Å². The number of esters is 2. The molecule has 160 valence electrons. The Bertz CT molecular complexity index is 765. The van der Waals surface area contributed by atoms with Gasteiger partial charge in [-0.05, 0) is 56.2 Å². The summed E-state index contributed by atoms with van der Waals surface area (Å²) in [6.45, 7) is 5.82. The minimum absolute atomic E-state index is 0.242. The number of rotatable bonds is 11. The lowest BCUT2D eigenvalue weighted by atomic mass is 9.80. The van der Waals surface area contributed by atoms with Crippen LogP contribution in [0, 0.1) is 5.41 Å². The van der Waals surface area contributed by atoms with E-state index in [1.54, 1.807) is 13.8 Å². The first-order valence-electron chi connectivity index (χ1n) is 10.7. The minimum Gasteiger partial charge on any atom is -0.465 e. The number of allylic oxidation sites excluding steroid dienone is 1. The van der Waals surface area contributed by atoms with Crippen LogP contribution in [0.1, 0.15) is 57.6 Å². The van der Waals surface area contributed by atoms with Crippen LogP contribution in [0.2, 0.25) is 0 Å². The topological polar surface area (TPSA) is 52.6 Å². The van der Waals surface area contributed by atoms with Crippen LogP contribution in [-0.4, -0.2) is 25.2 Å². The van der Waals surface area contributed by atoms with E-state index in [2.05, 4.69) is 30.3 Å². The lowest BCUT2D eigenvalue weighted by molar-refractivity contribution is -0.173. The highest BCUT2D eigenvalue weighted by Gasteiger charge is 2.46. The molecule has 0 unspecified atom stereocenters. The van der Waals surface area contributed by atoms with E-state index in [1.807, 2.05) is 43.3 Å². The number of benzene rings is 2. The molecule has 0 heterocycles. The molecule has 2 aromatic rings. The Morgan fingerprint density at radius 1 is 0.800 bits per heavy atom. The molecule has 0 radical (unpaired) electrons. The Labute approximate surface area is 179 Å². The minimum atomic E-state index is -1.24. The normalized spacial score (nSPS) is 10.9. The summed E-state index contributed by atoms with van der Waals surface area (Å²) in [4.78, 5) is 25.3. The molecule has 2 rings (SSSR count). The smallest absolute Gasteiger partial charge is 0.323 e. The number of ether oxygens (including phenoxy) is 2. The third-order valence-corrected chi connectivity index (χ3v) is 5.26. The van der Waals surface area contributed by atoms with E-state index in [0.29, 0.717) is 19.3 Å². The van der Waals surface area contributed by atoms with Crippen molar-refractivity contribution in [2.24, 2.45) is 5.41 Å². The van der Waals surface area contributed by atoms with Crippen molar-refractivity contribution in [3.05, 3.63) is 77.9 Å². The van der Waals surface area contributed by atoms with Crippen molar-refractivity contribution in [1.29, 1.82) is 0 Å². The highest BCUT2D eigenvalue weighted by atomic mass is 16.6. The Hall–Kier alpha value is -2.88. The van der Waals surface area contributed by atoms with E-state index >= 15 is 0 Å². The van der Waals surface area contributed by atoms with E-state index in [1.165, 1.54) is 0 Å². The molecule has 2 aromatic carbocycles. The monoisotopic (exact) mass is 408 g/mol. The summed E-state index contributed by atoms with van der Waals surface area (Å²) in [7, 11) is 0. The van der Waals surface area contributed by atoms with Gasteiger partial charge in [0, 0.05) is 0 Å². The molecule has 0 aliphatic carbocycles. The predicted molar refractivity (Wildman–Crippen MR) is 120 cm³/mol. The van der Waals surface area contributed by atoms with Crippen molar-refractivity contribution >= 4 is 17.5 Å². The molecule has 0 aromatic heterocycles. The fourth-order valence-corrected chi connectivity index (χ4v) is 3.58. The van der Waals surface area contributed by atoms with Gasteiger partial charge in [0.05, 0.1) is 13.2 Å². The first kappa shape index (κ1) is 23.4. The molecule has 30 heavy (non-hydrogen) atoms. The number of unbranched alkanes of at least 4 members (excludes halogenated alkanes) is 1. The van der Waals surface area contributed by atoms with Crippen LogP contribution >= 0.6 is 0 Å². The molecular formula is C26H32O4. The fraction of sp³-hybridized carbons (Fsp3) is 0.385. The molecule has 0 bridgehead atoms. The zero-order valence-electron chi connectivity index (χ0n) is 18.2. The average molecular weight is 409 g/mol. The summed E-state index contributed by atoms with van der Waals surface area (Å²) in [5.74, 6) is -0.970. The van der Waals surface area contributed by atoms with Crippen LogP contribution < -0.4 is 0 Å². The summed E-state index contributed by atoms with van der Waals surface area (Å²) < 4.78 is 10.5. The Morgan fingerprint density at radius 3 is 1.67 bits per heavy atom. The molecule has 0 aliphatic rings. The van der Waals surface area contributed by atoms with Crippen molar-refractivity contribution in [2.75, 3.05) is 13.2 Å². The van der Waals surface area contributed by atoms with Crippen LogP contribution in [0.25, 0.3) is 5.57 Å².